The molecule has 2 atom stereocenters. The van der Waals surface area contributed by atoms with Gasteiger partial charge in [0.15, 0.2) is 5.65 Å². The minimum atomic E-state index is 0.580. The highest BCUT2D eigenvalue weighted by Crippen LogP contribution is 2.32. The first-order chi connectivity index (χ1) is 9.92. The summed E-state index contributed by atoms with van der Waals surface area (Å²) in [5.74, 6) is 3.69. The van der Waals surface area contributed by atoms with Crippen LogP contribution in [-0.2, 0) is 6.42 Å². The zero-order valence-electron chi connectivity index (χ0n) is 11.6. The zero-order valence-corrected chi connectivity index (χ0v) is 12.4. The second-order valence-corrected chi connectivity index (χ2v) is 6.91. The largest absolute Gasteiger partial charge is 0.314 e. The van der Waals surface area contributed by atoms with Gasteiger partial charge in [0.2, 0.25) is 0 Å². The molecule has 0 spiro atoms. The number of pyridine rings is 1. The number of thioether (sulfide) groups is 1. The first kappa shape index (κ1) is 12.7. The van der Waals surface area contributed by atoms with E-state index < -0.39 is 0 Å². The molecule has 0 radical (unpaired) electrons. The molecule has 0 saturated carbocycles. The summed E-state index contributed by atoms with van der Waals surface area (Å²) in [4.78, 5) is 9.46. The van der Waals surface area contributed by atoms with Gasteiger partial charge in [0.1, 0.15) is 11.3 Å². The zero-order chi connectivity index (χ0) is 13.4. The van der Waals surface area contributed by atoms with E-state index in [0.717, 1.165) is 24.1 Å². The summed E-state index contributed by atoms with van der Waals surface area (Å²) in [7, 11) is 0. The van der Waals surface area contributed by atoms with Gasteiger partial charge in [-0.3, -0.25) is 0 Å². The van der Waals surface area contributed by atoms with E-state index in [0.29, 0.717) is 12.1 Å². The highest BCUT2D eigenvalue weighted by Gasteiger charge is 2.25. The van der Waals surface area contributed by atoms with Crippen molar-refractivity contribution in [2.45, 2.75) is 37.8 Å². The minimum absolute atomic E-state index is 0.580. The van der Waals surface area contributed by atoms with Crippen molar-refractivity contribution in [1.82, 2.24) is 19.9 Å². The molecule has 0 aromatic carbocycles. The summed E-state index contributed by atoms with van der Waals surface area (Å²) in [5, 5.41) is 3.59. The van der Waals surface area contributed by atoms with Crippen LogP contribution in [0, 0.1) is 0 Å². The fourth-order valence-corrected chi connectivity index (χ4v) is 4.57. The highest BCUT2D eigenvalue weighted by atomic mass is 32.2. The van der Waals surface area contributed by atoms with E-state index in [1.54, 1.807) is 0 Å². The van der Waals surface area contributed by atoms with E-state index >= 15 is 0 Å². The van der Waals surface area contributed by atoms with Crippen molar-refractivity contribution in [2.24, 2.45) is 0 Å². The van der Waals surface area contributed by atoms with Crippen LogP contribution in [0.15, 0.2) is 18.3 Å². The van der Waals surface area contributed by atoms with Crippen molar-refractivity contribution in [3.05, 3.63) is 24.2 Å². The standard InChI is InChI=1S/C15H20N4S/c1-3-11(16-6-1)9-14-18-13-4-2-7-17-15(13)19(14)12-5-8-20-10-12/h2,4,7,11-12,16H,1,3,5-6,8-10H2. The molecule has 2 fully saturated rings. The molecule has 2 aliphatic rings. The molecule has 2 aromatic heterocycles. The van der Waals surface area contributed by atoms with Crippen molar-refractivity contribution in [3.8, 4) is 0 Å². The quantitative estimate of drug-likeness (QED) is 0.942. The Morgan fingerprint density at radius 3 is 3.20 bits per heavy atom. The average molecular weight is 288 g/mol. The molecule has 2 unspecified atom stereocenters. The Bertz CT molecular complexity index is 597. The maximum absolute atomic E-state index is 4.87. The third kappa shape index (κ3) is 2.23. The van der Waals surface area contributed by atoms with Gasteiger partial charge in [-0.1, -0.05) is 0 Å². The van der Waals surface area contributed by atoms with Crippen molar-refractivity contribution in [1.29, 1.82) is 0 Å². The van der Waals surface area contributed by atoms with Gasteiger partial charge in [0.05, 0.1) is 0 Å². The normalized spacial score (nSPS) is 26.6. The highest BCUT2D eigenvalue weighted by molar-refractivity contribution is 7.99. The summed E-state index contributed by atoms with van der Waals surface area (Å²) in [5.41, 5.74) is 2.13. The summed E-state index contributed by atoms with van der Waals surface area (Å²) in [6.07, 6.45) is 6.74. The summed E-state index contributed by atoms with van der Waals surface area (Å²) < 4.78 is 2.43. The van der Waals surface area contributed by atoms with Crippen molar-refractivity contribution < 1.29 is 0 Å². The molecule has 2 aliphatic heterocycles. The van der Waals surface area contributed by atoms with E-state index in [4.69, 9.17) is 4.98 Å². The van der Waals surface area contributed by atoms with Gasteiger partial charge in [-0.2, -0.15) is 11.8 Å². The molecule has 0 aliphatic carbocycles. The van der Waals surface area contributed by atoms with E-state index in [1.807, 2.05) is 24.0 Å². The van der Waals surface area contributed by atoms with Crippen LogP contribution in [-0.4, -0.2) is 38.6 Å². The van der Waals surface area contributed by atoms with Crippen LogP contribution in [0.25, 0.3) is 11.2 Å². The summed E-state index contributed by atoms with van der Waals surface area (Å²) >= 11 is 2.05. The molecule has 2 saturated heterocycles. The molecule has 4 heterocycles. The minimum Gasteiger partial charge on any atom is -0.314 e. The number of nitrogens with zero attached hydrogens (tertiary/aromatic N) is 3. The third-order valence-corrected chi connectivity index (χ3v) is 5.53. The average Bonchev–Trinajstić information content (AvgIpc) is 3.18. The molecule has 4 rings (SSSR count). The second-order valence-electron chi connectivity index (χ2n) is 5.76. The number of nitrogens with one attached hydrogen (secondary N) is 1. The lowest BCUT2D eigenvalue weighted by Crippen LogP contribution is -2.26. The van der Waals surface area contributed by atoms with Gasteiger partial charge in [-0.15, -0.1) is 0 Å². The first-order valence-corrected chi connectivity index (χ1v) is 8.70. The van der Waals surface area contributed by atoms with Crippen molar-refractivity contribution in [2.75, 3.05) is 18.1 Å². The molecule has 0 amide bonds. The van der Waals surface area contributed by atoms with Crippen LogP contribution >= 0.6 is 11.8 Å². The molecule has 1 N–H and O–H groups in total. The summed E-state index contributed by atoms with van der Waals surface area (Å²) in [6, 6.07) is 5.25. The van der Waals surface area contributed by atoms with E-state index in [9.17, 15) is 0 Å². The molecule has 0 bridgehead atoms. The lowest BCUT2D eigenvalue weighted by atomic mass is 10.1. The number of fused-ring (bicyclic) bond motifs is 1. The topological polar surface area (TPSA) is 42.7 Å². The van der Waals surface area contributed by atoms with Gasteiger partial charge in [-0.25, -0.2) is 9.97 Å². The number of rotatable bonds is 3. The Morgan fingerprint density at radius 1 is 1.40 bits per heavy atom. The maximum atomic E-state index is 4.87. The number of hydrogen-bond donors (Lipinski definition) is 1. The molecule has 4 nitrogen and oxygen atoms in total. The second kappa shape index (κ2) is 5.37. The SMILES string of the molecule is c1cnc2c(c1)nc(CC1CCCN1)n2C1CCSC1. The Balaban J connectivity index is 1.74. The van der Waals surface area contributed by atoms with E-state index in [2.05, 4.69) is 20.9 Å². The van der Waals surface area contributed by atoms with Crippen LogP contribution < -0.4 is 5.32 Å². The number of imidazole rings is 1. The monoisotopic (exact) mass is 288 g/mol. The fraction of sp³-hybridized carbons (Fsp3) is 0.600. The summed E-state index contributed by atoms with van der Waals surface area (Å²) in [6.45, 7) is 1.16. The van der Waals surface area contributed by atoms with Crippen LogP contribution in [0.1, 0.15) is 31.1 Å². The first-order valence-electron chi connectivity index (χ1n) is 7.55. The van der Waals surface area contributed by atoms with Crippen LogP contribution in [0.2, 0.25) is 0 Å². The molecular formula is C15H20N4S. The van der Waals surface area contributed by atoms with Gasteiger partial charge >= 0.3 is 0 Å². The Kier molecular flexibility index (Phi) is 3.40. The predicted octanol–water partition coefficient (Wildman–Crippen LogP) is 2.40. The van der Waals surface area contributed by atoms with E-state index in [-0.39, 0.29) is 0 Å². The van der Waals surface area contributed by atoms with Gasteiger partial charge in [0, 0.05) is 30.5 Å². The van der Waals surface area contributed by atoms with Crippen LogP contribution in [0.5, 0.6) is 0 Å². The molecular weight excluding hydrogens is 268 g/mol. The molecule has 20 heavy (non-hydrogen) atoms. The van der Waals surface area contributed by atoms with Crippen LogP contribution in [0.4, 0.5) is 0 Å². The maximum Gasteiger partial charge on any atom is 0.160 e. The Labute approximate surface area is 123 Å². The Hall–Kier alpha value is -1.07. The number of hydrogen-bond acceptors (Lipinski definition) is 4. The lowest BCUT2D eigenvalue weighted by Gasteiger charge is -2.17. The lowest BCUT2D eigenvalue weighted by molar-refractivity contribution is 0.511. The van der Waals surface area contributed by atoms with Gasteiger partial charge < -0.3 is 9.88 Å². The predicted molar refractivity (Wildman–Crippen MR) is 83.2 cm³/mol. The van der Waals surface area contributed by atoms with Crippen molar-refractivity contribution in [3.63, 3.8) is 0 Å². The Morgan fingerprint density at radius 2 is 2.40 bits per heavy atom. The molecule has 5 heteroatoms. The molecule has 106 valence electrons. The molecule has 2 aromatic rings. The van der Waals surface area contributed by atoms with E-state index in [1.165, 1.54) is 36.6 Å². The van der Waals surface area contributed by atoms with Gasteiger partial charge in [0.25, 0.3) is 0 Å². The third-order valence-electron chi connectivity index (χ3n) is 4.38. The van der Waals surface area contributed by atoms with Crippen molar-refractivity contribution >= 4 is 22.9 Å². The van der Waals surface area contributed by atoms with Gasteiger partial charge in [-0.05, 0) is 43.7 Å². The smallest absolute Gasteiger partial charge is 0.160 e. The number of aromatic nitrogens is 3. The fourth-order valence-electron chi connectivity index (χ4n) is 3.38. The van der Waals surface area contributed by atoms with Crippen LogP contribution in [0.3, 0.4) is 0 Å².